The lowest BCUT2D eigenvalue weighted by atomic mass is 10.2. The Bertz CT molecular complexity index is 932. The summed E-state index contributed by atoms with van der Waals surface area (Å²) >= 11 is 11.3. The van der Waals surface area contributed by atoms with Gasteiger partial charge in [-0.05, 0) is 54.7 Å². The highest BCUT2D eigenvalue weighted by Crippen LogP contribution is 2.22. The van der Waals surface area contributed by atoms with E-state index in [1.165, 1.54) is 0 Å². The number of hydrogen-bond donors (Lipinski definition) is 2. The molecule has 0 atom stereocenters. The van der Waals surface area contributed by atoms with E-state index in [1.807, 2.05) is 30.3 Å². The van der Waals surface area contributed by atoms with Crippen molar-refractivity contribution in [2.24, 2.45) is 0 Å². The van der Waals surface area contributed by atoms with Crippen molar-refractivity contribution >= 4 is 46.3 Å². The molecule has 0 bridgehead atoms. The van der Waals surface area contributed by atoms with Gasteiger partial charge in [-0.25, -0.2) is 0 Å². The number of anilines is 2. The minimum atomic E-state index is -0.287. The fraction of sp³-hybridized carbons (Fsp3) is 0. The standard InChI is InChI=1S/C20H15ClN2O2S/c21-17-11-4-5-12-18(17)23-19(24)14-7-6-10-16(13-14)25-20(26)22-15-8-2-1-3-9-15/h1-13H,(H,22,26)(H,23,24). The second-order valence-electron chi connectivity index (χ2n) is 5.34. The molecule has 2 N–H and O–H groups in total. The number of thiocarbonyl (C=S) groups is 1. The van der Waals surface area contributed by atoms with Crippen LogP contribution < -0.4 is 15.4 Å². The molecule has 26 heavy (non-hydrogen) atoms. The van der Waals surface area contributed by atoms with Gasteiger partial charge in [0, 0.05) is 11.3 Å². The molecule has 0 heterocycles. The van der Waals surface area contributed by atoms with Gasteiger partial charge in [0.1, 0.15) is 5.75 Å². The van der Waals surface area contributed by atoms with Crippen LogP contribution in [0.25, 0.3) is 0 Å². The number of benzene rings is 3. The van der Waals surface area contributed by atoms with Crippen LogP contribution in [-0.2, 0) is 0 Å². The highest BCUT2D eigenvalue weighted by atomic mass is 35.5. The first-order chi connectivity index (χ1) is 12.6. The van der Waals surface area contributed by atoms with E-state index in [-0.39, 0.29) is 11.1 Å². The third-order valence-corrected chi connectivity index (χ3v) is 3.96. The number of ether oxygens (including phenoxy) is 1. The molecule has 0 spiro atoms. The second-order valence-corrected chi connectivity index (χ2v) is 6.12. The van der Waals surface area contributed by atoms with E-state index >= 15 is 0 Å². The SMILES string of the molecule is O=C(Nc1ccccc1Cl)c1cccc(OC(=S)Nc2ccccc2)c1. The lowest BCUT2D eigenvalue weighted by molar-refractivity contribution is 0.102. The van der Waals surface area contributed by atoms with Gasteiger partial charge in [-0.15, -0.1) is 0 Å². The minimum absolute atomic E-state index is 0.194. The molecule has 0 fully saturated rings. The molecule has 1 amide bonds. The van der Waals surface area contributed by atoms with E-state index in [0.717, 1.165) is 5.69 Å². The Morgan fingerprint density at radius 2 is 1.62 bits per heavy atom. The van der Waals surface area contributed by atoms with E-state index in [9.17, 15) is 4.79 Å². The smallest absolute Gasteiger partial charge is 0.266 e. The van der Waals surface area contributed by atoms with Crippen LogP contribution in [0.3, 0.4) is 0 Å². The largest absolute Gasteiger partial charge is 0.432 e. The third-order valence-electron chi connectivity index (χ3n) is 3.45. The normalized spacial score (nSPS) is 10.0. The monoisotopic (exact) mass is 382 g/mol. The minimum Gasteiger partial charge on any atom is -0.432 e. The summed E-state index contributed by atoms with van der Waals surface area (Å²) in [5, 5.41) is 6.42. The molecule has 3 rings (SSSR count). The second kappa shape index (κ2) is 8.47. The highest BCUT2D eigenvalue weighted by Gasteiger charge is 2.10. The number of rotatable bonds is 4. The molecular weight excluding hydrogens is 368 g/mol. The van der Waals surface area contributed by atoms with E-state index in [0.29, 0.717) is 22.0 Å². The Morgan fingerprint density at radius 1 is 0.885 bits per heavy atom. The number of hydrogen-bond acceptors (Lipinski definition) is 3. The van der Waals surface area contributed by atoms with Crippen LogP contribution >= 0.6 is 23.8 Å². The van der Waals surface area contributed by atoms with Gasteiger partial charge in [0.2, 0.25) is 0 Å². The Balaban J connectivity index is 1.67. The van der Waals surface area contributed by atoms with E-state index in [4.69, 9.17) is 28.6 Å². The molecule has 0 aliphatic carbocycles. The molecule has 4 nitrogen and oxygen atoms in total. The first kappa shape index (κ1) is 17.9. The number of carbonyl (C=O) groups is 1. The fourth-order valence-corrected chi connectivity index (χ4v) is 2.63. The van der Waals surface area contributed by atoms with Crippen LogP contribution in [0.15, 0.2) is 78.9 Å². The molecule has 0 saturated heterocycles. The maximum atomic E-state index is 12.4. The third kappa shape index (κ3) is 4.81. The Morgan fingerprint density at radius 3 is 2.38 bits per heavy atom. The average Bonchev–Trinajstić information content (AvgIpc) is 2.64. The zero-order valence-corrected chi connectivity index (χ0v) is 15.2. The Hall–Kier alpha value is -2.89. The molecule has 3 aromatic carbocycles. The Kier molecular flexibility index (Phi) is 5.84. The van der Waals surface area contributed by atoms with Crippen molar-refractivity contribution in [3.8, 4) is 5.75 Å². The number of para-hydroxylation sites is 2. The van der Waals surface area contributed by atoms with Crippen LogP contribution in [0.2, 0.25) is 5.02 Å². The number of amides is 1. The number of nitrogens with one attached hydrogen (secondary N) is 2. The summed E-state index contributed by atoms with van der Waals surface area (Å²) in [5.74, 6) is 0.177. The van der Waals surface area contributed by atoms with Gasteiger partial charge in [0.15, 0.2) is 0 Å². The van der Waals surface area contributed by atoms with Crippen molar-refractivity contribution < 1.29 is 9.53 Å². The zero-order valence-electron chi connectivity index (χ0n) is 13.6. The van der Waals surface area contributed by atoms with Gasteiger partial charge in [-0.2, -0.15) is 0 Å². The van der Waals surface area contributed by atoms with Gasteiger partial charge in [-0.3, -0.25) is 4.79 Å². The summed E-state index contributed by atoms with van der Waals surface area (Å²) in [5.41, 5.74) is 1.81. The zero-order chi connectivity index (χ0) is 18.4. The van der Waals surface area contributed by atoms with Crippen molar-refractivity contribution in [2.75, 3.05) is 10.6 Å². The lowest BCUT2D eigenvalue weighted by Crippen LogP contribution is -2.17. The van der Waals surface area contributed by atoms with Crippen LogP contribution in [0, 0.1) is 0 Å². The molecule has 0 aliphatic rings. The van der Waals surface area contributed by atoms with Crippen molar-refractivity contribution in [2.45, 2.75) is 0 Å². The number of halogens is 1. The molecule has 0 unspecified atom stereocenters. The van der Waals surface area contributed by atoms with Gasteiger partial charge in [0.25, 0.3) is 11.1 Å². The van der Waals surface area contributed by atoms with Crippen LogP contribution in [0.5, 0.6) is 5.75 Å². The van der Waals surface area contributed by atoms with Crippen LogP contribution in [0.4, 0.5) is 11.4 Å². The molecule has 3 aromatic rings. The molecule has 0 radical (unpaired) electrons. The average molecular weight is 383 g/mol. The van der Waals surface area contributed by atoms with Gasteiger partial charge in [0.05, 0.1) is 10.7 Å². The predicted molar refractivity (Wildman–Crippen MR) is 109 cm³/mol. The van der Waals surface area contributed by atoms with Gasteiger partial charge in [-0.1, -0.05) is 48.0 Å². The van der Waals surface area contributed by atoms with Crippen molar-refractivity contribution in [1.82, 2.24) is 0 Å². The maximum absolute atomic E-state index is 12.4. The molecule has 6 heteroatoms. The Labute approximate surface area is 161 Å². The van der Waals surface area contributed by atoms with Crippen molar-refractivity contribution in [1.29, 1.82) is 0 Å². The molecule has 0 aromatic heterocycles. The first-order valence-electron chi connectivity index (χ1n) is 7.81. The summed E-state index contributed by atoms with van der Waals surface area (Å²) in [4.78, 5) is 12.4. The van der Waals surface area contributed by atoms with Gasteiger partial charge < -0.3 is 15.4 Å². The molecule has 0 aliphatic heterocycles. The van der Waals surface area contributed by atoms with Crippen molar-refractivity contribution in [3.05, 3.63) is 89.4 Å². The van der Waals surface area contributed by atoms with E-state index < -0.39 is 0 Å². The van der Waals surface area contributed by atoms with E-state index in [1.54, 1.807) is 48.5 Å². The quantitative estimate of drug-likeness (QED) is 0.596. The number of carbonyl (C=O) groups excluding carboxylic acids is 1. The van der Waals surface area contributed by atoms with E-state index in [2.05, 4.69) is 10.6 Å². The lowest BCUT2D eigenvalue weighted by Gasteiger charge is -2.11. The summed E-state index contributed by atoms with van der Waals surface area (Å²) in [6, 6.07) is 23.3. The molecule has 130 valence electrons. The fourth-order valence-electron chi connectivity index (χ4n) is 2.23. The van der Waals surface area contributed by atoms with Gasteiger partial charge >= 0.3 is 0 Å². The molecular formula is C20H15ClN2O2S. The van der Waals surface area contributed by atoms with Crippen LogP contribution in [-0.4, -0.2) is 11.1 Å². The summed E-state index contributed by atoms with van der Waals surface area (Å²) < 4.78 is 5.60. The summed E-state index contributed by atoms with van der Waals surface area (Å²) in [7, 11) is 0. The predicted octanol–water partition coefficient (Wildman–Crippen LogP) is 5.37. The maximum Gasteiger partial charge on any atom is 0.266 e. The molecule has 0 saturated carbocycles. The summed E-state index contributed by atoms with van der Waals surface area (Å²) in [6.45, 7) is 0. The van der Waals surface area contributed by atoms with Crippen molar-refractivity contribution in [3.63, 3.8) is 0 Å². The van der Waals surface area contributed by atoms with Crippen LogP contribution in [0.1, 0.15) is 10.4 Å². The topological polar surface area (TPSA) is 50.4 Å². The first-order valence-corrected chi connectivity index (χ1v) is 8.60. The summed E-state index contributed by atoms with van der Waals surface area (Å²) in [6.07, 6.45) is 0. The highest BCUT2D eigenvalue weighted by molar-refractivity contribution is 7.80.